The minimum Gasteiger partial charge on any atom is -0.289 e. The van der Waals surface area contributed by atoms with Crippen molar-refractivity contribution in [2.45, 2.75) is 64.4 Å². The predicted molar refractivity (Wildman–Crippen MR) is 63.7 cm³/mol. The average molecular weight is 285 g/mol. The fraction of sp³-hybridized carbons (Fsp3) is 0.909. The van der Waals surface area contributed by atoms with E-state index in [1.165, 1.54) is 0 Å². The second kappa shape index (κ2) is 7.22. The summed E-state index contributed by atoms with van der Waals surface area (Å²) in [5.41, 5.74) is -1.96. The van der Waals surface area contributed by atoms with Crippen LogP contribution < -0.4 is 0 Å². The molecule has 0 aliphatic heterocycles. The lowest BCUT2D eigenvalue weighted by molar-refractivity contribution is -0.158. The highest BCUT2D eigenvalue weighted by Crippen LogP contribution is 2.34. The van der Waals surface area contributed by atoms with Crippen molar-refractivity contribution in [3.8, 4) is 0 Å². The quantitative estimate of drug-likeness (QED) is 0.519. The Morgan fingerprint density at radius 3 is 2.28 bits per heavy atom. The largest absolute Gasteiger partial charge is 0.695 e. The SMILES string of the molecule is CCCCCCC(F)(F)C(=O)C(C)(C)O[P+](=O)O. The summed E-state index contributed by atoms with van der Waals surface area (Å²) in [6, 6.07) is 0. The summed E-state index contributed by atoms with van der Waals surface area (Å²) in [4.78, 5) is 20.1. The predicted octanol–water partition coefficient (Wildman–Crippen LogP) is 3.61. The molecule has 0 saturated heterocycles. The zero-order valence-electron chi connectivity index (χ0n) is 10.9. The fourth-order valence-electron chi connectivity index (χ4n) is 1.56. The Morgan fingerprint density at radius 2 is 1.83 bits per heavy atom. The molecule has 18 heavy (non-hydrogen) atoms. The van der Waals surface area contributed by atoms with Crippen LogP contribution >= 0.6 is 8.25 Å². The lowest BCUT2D eigenvalue weighted by Gasteiger charge is -2.22. The normalized spacial score (nSPS) is 13.6. The van der Waals surface area contributed by atoms with Gasteiger partial charge in [0.25, 0.3) is 0 Å². The maximum Gasteiger partial charge on any atom is 0.695 e. The van der Waals surface area contributed by atoms with E-state index in [9.17, 15) is 18.1 Å². The van der Waals surface area contributed by atoms with Crippen molar-refractivity contribution in [3.63, 3.8) is 0 Å². The van der Waals surface area contributed by atoms with Crippen molar-refractivity contribution < 1.29 is 27.6 Å². The number of rotatable bonds is 9. The van der Waals surface area contributed by atoms with Crippen molar-refractivity contribution >= 4 is 14.0 Å². The number of Topliss-reactive ketones (excluding diaryl/α,β-unsaturated/α-hetero) is 1. The molecule has 0 aromatic carbocycles. The third-order valence-corrected chi connectivity index (χ3v) is 3.14. The van der Waals surface area contributed by atoms with Gasteiger partial charge in [-0.3, -0.25) is 4.79 Å². The van der Waals surface area contributed by atoms with Crippen molar-refractivity contribution in [2.75, 3.05) is 0 Å². The fourth-order valence-corrected chi connectivity index (χ4v) is 2.04. The highest BCUT2D eigenvalue weighted by atomic mass is 31.1. The first-order valence-electron chi connectivity index (χ1n) is 5.91. The van der Waals surface area contributed by atoms with E-state index in [1.807, 2.05) is 6.92 Å². The Labute approximate surface area is 107 Å². The first-order chi connectivity index (χ1) is 8.13. The van der Waals surface area contributed by atoms with Crippen LogP contribution in [0.15, 0.2) is 0 Å². The average Bonchev–Trinajstić information content (AvgIpc) is 2.21. The Morgan fingerprint density at radius 1 is 1.28 bits per heavy atom. The van der Waals surface area contributed by atoms with Gasteiger partial charge in [0.05, 0.1) is 0 Å². The van der Waals surface area contributed by atoms with Gasteiger partial charge in [-0.2, -0.15) is 8.78 Å². The lowest BCUT2D eigenvalue weighted by Crippen LogP contribution is -2.45. The Bertz CT molecular complexity index is 305. The third kappa shape index (κ3) is 5.94. The molecule has 0 heterocycles. The highest BCUT2D eigenvalue weighted by Gasteiger charge is 2.51. The zero-order chi connectivity index (χ0) is 14.4. The van der Waals surface area contributed by atoms with Gasteiger partial charge in [0.15, 0.2) is 5.60 Å². The van der Waals surface area contributed by atoms with Gasteiger partial charge in [0.2, 0.25) is 5.78 Å². The topological polar surface area (TPSA) is 63.6 Å². The summed E-state index contributed by atoms with van der Waals surface area (Å²) in [6.07, 6.45) is 2.08. The van der Waals surface area contributed by atoms with Gasteiger partial charge in [0.1, 0.15) is 0 Å². The molecule has 0 radical (unpaired) electrons. The summed E-state index contributed by atoms with van der Waals surface area (Å²) in [6.45, 7) is 4.09. The first kappa shape index (κ1) is 17.6. The van der Waals surface area contributed by atoms with E-state index >= 15 is 0 Å². The van der Waals surface area contributed by atoms with Gasteiger partial charge < -0.3 is 0 Å². The van der Waals surface area contributed by atoms with Crippen molar-refractivity contribution in [1.82, 2.24) is 0 Å². The number of carbonyl (C=O) groups excluding carboxylic acids is 1. The molecule has 0 spiro atoms. The van der Waals surface area contributed by atoms with Crippen LogP contribution in [0.25, 0.3) is 0 Å². The summed E-state index contributed by atoms with van der Waals surface area (Å²) in [5, 5.41) is 0. The van der Waals surface area contributed by atoms with Crippen molar-refractivity contribution in [1.29, 1.82) is 0 Å². The second-order valence-electron chi connectivity index (χ2n) is 4.68. The van der Waals surface area contributed by atoms with E-state index in [1.54, 1.807) is 0 Å². The van der Waals surface area contributed by atoms with E-state index in [0.29, 0.717) is 6.42 Å². The molecule has 0 aromatic rings. The molecule has 0 fully saturated rings. The molecule has 1 unspecified atom stereocenters. The Balaban J connectivity index is 4.48. The van der Waals surface area contributed by atoms with Gasteiger partial charge >= 0.3 is 14.2 Å². The molecule has 106 valence electrons. The summed E-state index contributed by atoms with van der Waals surface area (Å²) in [7, 11) is -3.09. The van der Waals surface area contributed by atoms with E-state index < -0.39 is 32.0 Å². The van der Waals surface area contributed by atoms with Crippen molar-refractivity contribution in [3.05, 3.63) is 0 Å². The molecule has 0 rings (SSSR count). The lowest BCUT2D eigenvalue weighted by atomic mass is 9.94. The smallest absolute Gasteiger partial charge is 0.289 e. The van der Waals surface area contributed by atoms with Gasteiger partial charge in [0, 0.05) is 11.0 Å². The molecule has 0 aliphatic carbocycles. The van der Waals surface area contributed by atoms with Crippen LogP contribution in [-0.2, 0) is 13.9 Å². The number of carbonyl (C=O) groups is 1. The van der Waals surface area contributed by atoms with Crippen molar-refractivity contribution in [2.24, 2.45) is 0 Å². The van der Waals surface area contributed by atoms with Gasteiger partial charge in [-0.1, -0.05) is 26.2 Å². The van der Waals surface area contributed by atoms with Crippen LogP contribution in [0, 0.1) is 0 Å². The van der Waals surface area contributed by atoms with Crippen LogP contribution in [0.5, 0.6) is 0 Å². The van der Waals surface area contributed by atoms with Crippen LogP contribution in [0.1, 0.15) is 52.9 Å². The number of hydrogen-bond acceptors (Lipinski definition) is 3. The van der Waals surface area contributed by atoms with Gasteiger partial charge in [-0.15, -0.1) is 9.42 Å². The van der Waals surface area contributed by atoms with Crippen LogP contribution in [0.4, 0.5) is 8.78 Å². The maximum absolute atomic E-state index is 13.6. The number of ketones is 1. The number of unbranched alkanes of at least 4 members (excludes halogenated alkanes) is 3. The summed E-state index contributed by atoms with van der Waals surface area (Å²) < 4.78 is 42.0. The van der Waals surface area contributed by atoms with E-state index in [4.69, 9.17) is 4.89 Å². The Hall–Kier alpha value is -0.450. The Kier molecular flexibility index (Phi) is 7.04. The summed E-state index contributed by atoms with van der Waals surface area (Å²) >= 11 is 0. The molecule has 1 N–H and O–H groups in total. The monoisotopic (exact) mass is 285 g/mol. The number of hydrogen-bond donors (Lipinski definition) is 1. The second-order valence-corrected chi connectivity index (χ2v) is 5.34. The molecule has 0 saturated carbocycles. The minimum absolute atomic E-state index is 0.244. The molecule has 0 amide bonds. The van der Waals surface area contributed by atoms with Crippen LogP contribution in [-0.4, -0.2) is 22.2 Å². The molecule has 4 nitrogen and oxygen atoms in total. The molecule has 0 aromatic heterocycles. The third-order valence-electron chi connectivity index (χ3n) is 2.53. The van der Waals surface area contributed by atoms with Gasteiger partial charge in [-0.05, 0) is 20.3 Å². The standard InChI is InChI=1S/C11H19F2O4P/c1-4-5-6-7-8-11(12,13)9(14)10(2,3)17-18(15)16/h4-8H2,1-3H3/p+1. The number of alkyl halides is 2. The van der Waals surface area contributed by atoms with E-state index in [2.05, 4.69) is 4.52 Å². The number of halogens is 2. The zero-order valence-corrected chi connectivity index (χ0v) is 11.8. The molecular weight excluding hydrogens is 265 g/mol. The molecule has 7 heteroatoms. The molecular formula is C11H20F2O4P+. The molecule has 0 aliphatic rings. The van der Waals surface area contributed by atoms with E-state index in [0.717, 1.165) is 26.7 Å². The van der Waals surface area contributed by atoms with Crippen LogP contribution in [0.2, 0.25) is 0 Å². The highest BCUT2D eigenvalue weighted by molar-refractivity contribution is 7.32. The molecule has 1 atom stereocenters. The summed E-state index contributed by atoms with van der Waals surface area (Å²) in [5.74, 6) is -4.98. The van der Waals surface area contributed by atoms with Gasteiger partial charge in [-0.25, -0.2) is 0 Å². The van der Waals surface area contributed by atoms with Crippen LogP contribution in [0.3, 0.4) is 0 Å². The molecule has 0 bridgehead atoms. The van der Waals surface area contributed by atoms with E-state index in [-0.39, 0.29) is 6.42 Å². The minimum atomic E-state index is -3.53. The first-order valence-corrected chi connectivity index (χ1v) is 7.04. The maximum atomic E-state index is 13.6.